The SMILES string of the molecule is Cc1ccc2c(c1)C1CCN(C)CC1N2CC(O)c1ccccc1. The molecule has 1 fully saturated rings. The fourth-order valence-corrected chi connectivity index (χ4v) is 4.38. The molecule has 1 N–H and O–H groups in total. The molecule has 0 radical (unpaired) electrons. The van der Waals surface area contributed by atoms with E-state index in [2.05, 4.69) is 42.0 Å². The zero-order valence-electron chi connectivity index (χ0n) is 14.5. The minimum Gasteiger partial charge on any atom is -0.387 e. The molecule has 0 spiro atoms. The van der Waals surface area contributed by atoms with Gasteiger partial charge in [-0.15, -0.1) is 0 Å². The number of benzene rings is 2. The van der Waals surface area contributed by atoms with Crippen LogP contribution in [0.2, 0.25) is 0 Å². The van der Waals surface area contributed by atoms with Crippen LogP contribution in [0.25, 0.3) is 0 Å². The van der Waals surface area contributed by atoms with Crippen LogP contribution >= 0.6 is 0 Å². The number of hydrogen-bond donors (Lipinski definition) is 1. The lowest BCUT2D eigenvalue weighted by Crippen LogP contribution is -2.48. The molecule has 2 heterocycles. The number of piperidine rings is 1. The van der Waals surface area contributed by atoms with Crippen LogP contribution in [-0.4, -0.2) is 42.7 Å². The largest absolute Gasteiger partial charge is 0.387 e. The lowest BCUT2D eigenvalue weighted by Gasteiger charge is -2.38. The van der Waals surface area contributed by atoms with Gasteiger partial charge in [0.2, 0.25) is 0 Å². The number of likely N-dealkylation sites (N-methyl/N-ethyl adjacent to an activating group) is 1. The molecular weight excluding hydrogens is 296 g/mol. The van der Waals surface area contributed by atoms with Crippen molar-refractivity contribution in [3.05, 3.63) is 65.2 Å². The number of likely N-dealkylation sites (tertiary alicyclic amines) is 1. The standard InChI is InChI=1S/C21H26N2O/c1-15-8-9-19-18(12-15)17-10-11-22(2)13-20(17)23(19)14-21(24)16-6-4-3-5-7-16/h3-9,12,17,20-21,24H,10-11,13-14H2,1-2H3. The van der Waals surface area contributed by atoms with Crippen LogP contribution in [0, 0.1) is 6.92 Å². The first kappa shape index (κ1) is 15.7. The number of hydrogen-bond acceptors (Lipinski definition) is 3. The van der Waals surface area contributed by atoms with Crippen LogP contribution in [0.1, 0.15) is 35.1 Å². The van der Waals surface area contributed by atoms with Gasteiger partial charge in [-0.25, -0.2) is 0 Å². The molecule has 0 aliphatic carbocycles. The van der Waals surface area contributed by atoms with Crippen molar-refractivity contribution < 1.29 is 5.11 Å². The molecule has 0 saturated carbocycles. The minimum absolute atomic E-state index is 0.452. The van der Waals surface area contributed by atoms with Crippen molar-refractivity contribution in [1.82, 2.24) is 4.90 Å². The van der Waals surface area contributed by atoms with E-state index in [1.807, 2.05) is 30.3 Å². The van der Waals surface area contributed by atoms with Crippen LogP contribution < -0.4 is 4.90 Å². The Balaban J connectivity index is 1.65. The van der Waals surface area contributed by atoms with Gasteiger partial charge in [0.15, 0.2) is 0 Å². The maximum atomic E-state index is 10.8. The topological polar surface area (TPSA) is 26.7 Å². The zero-order chi connectivity index (χ0) is 16.7. The molecule has 3 heteroatoms. The molecule has 3 atom stereocenters. The smallest absolute Gasteiger partial charge is 0.0964 e. The van der Waals surface area contributed by atoms with E-state index in [4.69, 9.17) is 0 Å². The van der Waals surface area contributed by atoms with Crippen molar-refractivity contribution >= 4 is 5.69 Å². The summed E-state index contributed by atoms with van der Waals surface area (Å²) in [7, 11) is 2.20. The summed E-state index contributed by atoms with van der Waals surface area (Å²) in [5.74, 6) is 0.596. The van der Waals surface area contributed by atoms with E-state index in [0.29, 0.717) is 18.5 Å². The van der Waals surface area contributed by atoms with Gasteiger partial charge in [-0.3, -0.25) is 0 Å². The highest BCUT2D eigenvalue weighted by Gasteiger charge is 2.41. The summed E-state index contributed by atoms with van der Waals surface area (Å²) in [6, 6.07) is 17.3. The van der Waals surface area contributed by atoms with Gasteiger partial charge in [-0.05, 0) is 44.1 Å². The third kappa shape index (κ3) is 2.72. The Hall–Kier alpha value is -1.84. The van der Waals surface area contributed by atoms with E-state index in [0.717, 1.165) is 18.7 Å². The van der Waals surface area contributed by atoms with Crippen LogP contribution in [-0.2, 0) is 0 Å². The molecule has 24 heavy (non-hydrogen) atoms. The first-order valence-corrected chi connectivity index (χ1v) is 8.92. The lowest BCUT2D eigenvalue weighted by molar-refractivity contribution is 0.169. The number of rotatable bonds is 3. The summed E-state index contributed by atoms with van der Waals surface area (Å²) in [6.07, 6.45) is 0.751. The Labute approximate surface area is 144 Å². The quantitative estimate of drug-likeness (QED) is 0.939. The number of aliphatic hydroxyl groups is 1. The van der Waals surface area contributed by atoms with Gasteiger partial charge in [-0.2, -0.15) is 0 Å². The van der Waals surface area contributed by atoms with Gasteiger partial charge in [0.25, 0.3) is 0 Å². The average Bonchev–Trinajstić information content (AvgIpc) is 2.88. The van der Waals surface area contributed by atoms with Gasteiger partial charge in [-0.1, -0.05) is 48.0 Å². The van der Waals surface area contributed by atoms with Crippen LogP contribution in [0.4, 0.5) is 5.69 Å². The summed E-state index contributed by atoms with van der Waals surface area (Å²) in [4.78, 5) is 4.87. The van der Waals surface area contributed by atoms with Crippen molar-refractivity contribution in [2.24, 2.45) is 0 Å². The molecule has 4 rings (SSSR count). The van der Waals surface area contributed by atoms with E-state index in [1.54, 1.807) is 0 Å². The number of anilines is 1. The Morgan fingerprint density at radius 2 is 1.96 bits per heavy atom. The maximum absolute atomic E-state index is 10.8. The summed E-state index contributed by atoms with van der Waals surface area (Å²) in [6.45, 7) is 5.06. The highest BCUT2D eigenvalue weighted by Crippen LogP contribution is 2.45. The molecule has 0 amide bonds. The second-order valence-electron chi connectivity index (χ2n) is 7.37. The van der Waals surface area contributed by atoms with Crippen molar-refractivity contribution in [3.63, 3.8) is 0 Å². The number of nitrogens with zero attached hydrogens (tertiary/aromatic N) is 2. The second kappa shape index (κ2) is 6.23. The van der Waals surface area contributed by atoms with E-state index in [-0.39, 0.29) is 0 Å². The molecule has 1 saturated heterocycles. The Bertz CT molecular complexity index is 715. The highest BCUT2D eigenvalue weighted by atomic mass is 16.3. The lowest BCUT2D eigenvalue weighted by atomic mass is 9.88. The minimum atomic E-state index is -0.452. The molecule has 2 aromatic rings. The summed E-state index contributed by atoms with van der Waals surface area (Å²) >= 11 is 0. The van der Waals surface area contributed by atoms with E-state index in [9.17, 15) is 5.11 Å². The molecule has 2 aromatic carbocycles. The average molecular weight is 322 g/mol. The van der Waals surface area contributed by atoms with Gasteiger partial charge in [0, 0.05) is 30.7 Å². The zero-order valence-corrected chi connectivity index (χ0v) is 14.5. The van der Waals surface area contributed by atoms with Crippen molar-refractivity contribution in [2.75, 3.05) is 31.6 Å². The normalized spacial score (nSPS) is 24.5. The van der Waals surface area contributed by atoms with Gasteiger partial charge in [0.05, 0.1) is 6.10 Å². The fraction of sp³-hybridized carbons (Fsp3) is 0.429. The third-order valence-corrected chi connectivity index (χ3v) is 5.63. The summed E-state index contributed by atoms with van der Waals surface area (Å²) < 4.78 is 0. The summed E-state index contributed by atoms with van der Waals surface area (Å²) in [5, 5.41) is 10.8. The van der Waals surface area contributed by atoms with Gasteiger partial charge < -0.3 is 14.9 Å². The van der Waals surface area contributed by atoms with E-state index in [1.165, 1.54) is 23.2 Å². The predicted octanol–water partition coefficient (Wildman–Crippen LogP) is 3.34. The monoisotopic (exact) mass is 322 g/mol. The molecule has 0 bridgehead atoms. The maximum Gasteiger partial charge on any atom is 0.0964 e. The molecule has 3 unspecified atom stereocenters. The van der Waals surface area contributed by atoms with Crippen LogP contribution in [0.3, 0.4) is 0 Å². The van der Waals surface area contributed by atoms with E-state index < -0.39 is 6.10 Å². The summed E-state index contributed by atoms with van der Waals surface area (Å²) in [5.41, 5.74) is 5.13. The molecule has 2 aliphatic rings. The highest BCUT2D eigenvalue weighted by molar-refractivity contribution is 5.63. The third-order valence-electron chi connectivity index (χ3n) is 5.63. The van der Waals surface area contributed by atoms with Crippen molar-refractivity contribution in [1.29, 1.82) is 0 Å². The number of fused-ring (bicyclic) bond motifs is 3. The Morgan fingerprint density at radius 3 is 2.75 bits per heavy atom. The molecule has 0 aromatic heterocycles. The first-order chi connectivity index (χ1) is 11.6. The fourth-order valence-electron chi connectivity index (χ4n) is 4.38. The number of aryl methyl sites for hydroxylation is 1. The van der Waals surface area contributed by atoms with Gasteiger partial charge >= 0.3 is 0 Å². The van der Waals surface area contributed by atoms with Crippen LogP contribution in [0.5, 0.6) is 0 Å². The first-order valence-electron chi connectivity index (χ1n) is 8.92. The van der Waals surface area contributed by atoms with Gasteiger partial charge in [0.1, 0.15) is 0 Å². The van der Waals surface area contributed by atoms with Crippen LogP contribution in [0.15, 0.2) is 48.5 Å². The molecule has 126 valence electrons. The molecular formula is C21H26N2O. The molecule has 2 aliphatic heterocycles. The number of aliphatic hydroxyl groups excluding tert-OH is 1. The van der Waals surface area contributed by atoms with Crippen molar-refractivity contribution in [2.45, 2.75) is 31.4 Å². The van der Waals surface area contributed by atoms with E-state index >= 15 is 0 Å². The van der Waals surface area contributed by atoms with Crippen molar-refractivity contribution in [3.8, 4) is 0 Å². The predicted molar refractivity (Wildman–Crippen MR) is 98.6 cm³/mol. The number of β-amino-alcohol motifs (C(OH)–C–C–N with tert-alkyl or cyclic N) is 1. The Kier molecular flexibility index (Phi) is 4.07. The Morgan fingerprint density at radius 1 is 1.17 bits per heavy atom. The molecule has 3 nitrogen and oxygen atoms in total. The second-order valence-corrected chi connectivity index (χ2v) is 7.37.